The molecule has 0 aliphatic carbocycles. The summed E-state index contributed by atoms with van der Waals surface area (Å²) in [5.41, 5.74) is 1.45. The number of hydrogen-bond donors (Lipinski definition) is 1. The molecule has 0 amide bonds. The molecule has 2 nitrogen and oxygen atoms in total. The van der Waals surface area contributed by atoms with E-state index in [1.807, 2.05) is 0 Å². The molecular weight excluding hydrogens is 332 g/mol. The van der Waals surface area contributed by atoms with Gasteiger partial charge in [-0.05, 0) is 71.8 Å². The van der Waals surface area contributed by atoms with Crippen molar-refractivity contribution in [3.05, 3.63) is 20.8 Å². The molecule has 1 saturated heterocycles. The molecule has 0 atom stereocenters. The highest BCUT2D eigenvalue weighted by Gasteiger charge is 2.20. The van der Waals surface area contributed by atoms with Crippen LogP contribution in [0.3, 0.4) is 0 Å². The Kier molecular flexibility index (Phi) is 7.80. The van der Waals surface area contributed by atoms with Crippen LogP contribution in [0.1, 0.15) is 31.7 Å². The Balaban J connectivity index is 0.00000162. The Morgan fingerprint density at radius 1 is 1.44 bits per heavy atom. The van der Waals surface area contributed by atoms with Crippen molar-refractivity contribution >= 4 is 39.7 Å². The normalized spacial score (nSPS) is 16.8. The number of hydrogen-bond acceptors (Lipinski definition) is 3. The molecule has 0 radical (unpaired) electrons. The molecule has 0 saturated carbocycles. The second-order valence-electron chi connectivity index (χ2n) is 4.71. The minimum absolute atomic E-state index is 0. The number of nitrogens with zero attached hydrogens (tertiary/aromatic N) is 1. The molecule has 2 rings (SSSR count). The van der Waals surface area contributed by atoms with Crippen LogP contribution in [-0.2, 0) is 6.54 Å². The summed E-state index contributed by atoms with van der Waals surface area (Å²) in [6, 6.07) is 3.03. The smallest absolute Gasteiger partial charge is 0.0701 e. The minimum atomic E-state index is 0. The molecule has 1 fully saturated rings. The standard InChI is InChI=1S/C13H21BrN2S.ClH/c1-2-7-16(12-3-5-15-6-4-12)9-11-8-13(14)17-10-11;/h8,10,12,15H,2-7,9H2,1H3;1H. The summed E-state index contributed by atoms with van der Waals surface area (Å²) >= 11 is 5.34. The average Bonchev–Trinajstić information content (AvgIpc) is 2.75. The van der Waals surface area contributed by atoms with Crippen molar-refractivity contribution in [1.82, 2.24) is 10.2 Å². The van der Waals surface area contributed by atoms with Crippen molar-refractivity contribution in [2.75, 3.05) is 19.6 Å². The molecule has 0 bridgehead atoms. The molecule has 104 valence electrons. The van der Waals surface area contributed by atoms with Gasteiger partial charge in [0.15, 0.2) is 0 Å². The number of rotatable bonds is 5. The third kappa shape index (κ3) is 4.82. The summed E-state index contributed by atoms with van der Waals surface area (Å²) in [6.07, 6.45) is 3.84. The van der Waals surface area contributed by atoms with Gasteiger partial charge in [0, 0.05) is 12.6 Å². The first kappa shape index (κ1) is 16.4. The first-order valence-electron chi connectivity index (χ1n) is 6.47. The van der Waals surface area contributed by atoms with Gasteiger partial charge in [0.1, 0.15) is 0 Å². The van der Waals surface area contributed by atoms with E-state index in [1.165, 1.54) is 48.2 Å². The van der Waals surface area contributed by atoms with Crippen molar-refractivity contribution in [1.29, 1.82) is 0 Å². The molecule has 18 heavy (non-hydrogen) atoms. The van der Waals surface area contributed by atoms with E-state index in [0.717, 1.165) is 12.6 Å². The lowest BCUT2D eigenvalue weighted by molar-refractivity contribution is 0.154. The lowest BCUT2D eigenvalue weighted by Crippen LogP contribution is -2.43. The molecule has 5 heteroatoms. The topological polar surface area (TPSA) is 15.3 Å². The van der Waals surface area contributed by atoms with Gasteiger partial charge in [0.2, 0.25) is 0 Å². The van der Waals surface area contributed by atoms with Gasteiger partial charge in [-0.1, -0.05) is 6.92 Å². The van der Waals surface area contributed by atoms with E-state index >= 15 is 0 Å². The Labute approximate surface area is 129 Å². The van der Waals surface area contributed by atoms with Gasteiger partial charge in [-0.25, -0.2) is 0 Å². The quantitative estimate of drug-likeness (QED) is 0.863. The second kappa shape index (κ2) is 8.54. The van der Waals surface area contributed by atoms with E-state index < -0.39 is 0 Å². The van der Waals surface area contributed by atoms with Gasteiger partial charge in [-0.2, -0.15) is 0 Å². The Bertz CT molecular complexity index is 339. The fourth-order valence-electron chi connectivity index (χ4n) is 2.51. The zero-order chi connectivity index (χ0) is 12.1. The summed E-state index contributed by atoms with van der Waals surface area (Å²) in [4.78, 5) is 2.66. The molecule has 1 N–H and O–H groups in total. The third-order valence-corrected chi connectivity index (χ3v) is 4.90. The Hall–Kier alpha value is 0.390. The van der Waals surface area contributed by atoms with Crippen LogP contribution in [-0.4, -0.2) is 30.6 Å². The highest BCUT2D eigenvalue weighted by molar-refractivity contribution is 9.11. The monoisotopic (exact) mass is 352 g/mol. The van der Waals surface area contributed by atoms with Gasteiger partial charge >= 0.3 is 0 Å². The fourth-order valence-corrected chi connectivity index (χ4v) is 3.71. The molecule has 2 heterocycles. The zero-order valence-corrected chi connectivity index (χ0v) is 14.0. The summed E-state index contributed by atoms with van der Waals surface area (Å²) in [5, 5.41) is 5.72. The molecule has 1 aromatic rings. The average molecular weight is 354 g/mol. The SMILES string of the molecule is CCCN(Cc1csc(Br)c1)C1CCNCC1.Cl. The van der Waals surface area contributed by atoms with Crippen LogP contribution in [0.5, 0.6) is 0 Å². The molecule has 0 aromatic carbocycles. The van der Waals surface area contributed by atoms with E-state index in [0.29, 0.717) is 0 Å². The first-order valence-corrected chi connectivity index (χ1v) is 8.14. The minimum Gasteiger partial charge on any atom is -0.317 e. The highest BCUT2D eigenvalue weighted by Crippen LogP contribution is 2.23. The first-order chi connectivity index (χ1) is 8.29. The van der Waals surface area contributed by atoms with Gasteiger partial charge in [0.05, 0.1) is 3.79 Å². The highest BCUT2D eigenvalue weighted by atomic mass is 79.9. The van der Waals surface area contributed by atoms with Gasteiger partial charge in [0.25, 0.3) is 0 Å². The molecule has 1 aromatic heterocycles. The van der Waals surface area contributed by atoms with E-state index in [2.05, 4.69) is 44.5 Å². The van der Waals surface area contributed by atoms with Crippen molar-refractivity contribution in [3.8, 4) is 0 Å². The number of piperidine rings is 1. The van der Waals surface area contributed by atoms with Crippen LogP contribution >= 0.6 is 39.7 Å². The predicted octanol–water partition coefficient (Wildman–Crippen LogP) is 3.90. The van der Waals surface area contributed by atoms with Gasteiger partial charge in [-0.15, -0.1) is 23.7 Å². The summed E-state index contributed by atoms with van der Waals surface area (Å²) in [5.74, 6) is 0. The van der Waals surface area contributed by atoms with Crippen molar-refractivity contribution in [2.45, 2.75) is 38.8 Å². The van der Waals surface area contributed by atoms with Crippen molar-refractivity contribution in [3.63, 3.8) is 0 Å². The Morgan fingerprint density at radius 2 is 2.17 bits per heavy atom. The lowest BCUT2D eigenvalue weighted by Gasteiger charge is -2.34. The van der Waals surface area contributed by atoms with E-state index in [-0.39, 0.29) is 12.4 Å². The zero-order valence-electron chi connectivity index (χ0n) is 10.8. The van der Waals surface area contributed by atoms with Crippen molar-refractivity contribution < 1.29 is 0 Å². The summed E-state index contributed by atoms with van der Waals surface area (Å²) < 4.78 is 1.24. The second-order valence-corrected chi connectivity index (χ2v) is 7.00. The number of halogens is 2. The van der Waals surface area contributed by atoms with Crippen LogP contribution in [0.4, 0.5) is 0 Å². The molecule has 1 aliphatic heterocycles. The molecule has 1 aliphatic rings. The number of nitrogens with one attached hydrogen (secondary N) is 1. The summed E-state index contributed by atoms with van der Waals surface area (Å²) in [6.45, 7) is 6.97. The van der Waals surface area contributed by atoms with E-state index in [4.69, 9.17) is 0 Å². The third-order valence-electron chi connectivity index (χ3n) is 3.34. The molecule has 0 spiro atoms. The van der Waals surface area contributed by atoms with Gasteiger partial charge < -0.3 is 5.32 Å². The maximum absolute atomic E-state index is 3.55. The van der Waals surface area contributed by atoms with E-state index in [9.17, 15) is 0 Å². The lowest BCUT2D eigenvalue weighted by atomic mass is 10.0. The van der Waals surface area contributed by atoms with Crippen LogP contribution in [0, 0.1) is 0 Å². The molecular formula is C13H22BrClN2S. The van der Waals surface area contributed by atoms with Crippen LogP contribution in [0.2, 0.25) is 0 Å². The van der Waals surface area contributed by atoms with E-state index in [1.54, 1.807) is 11.3 Å². The fraction of sp³-hybridized carbons (Fsp3) is 0.692. The largest absolute Gasteiger partial charge is 0.317 e. The van der Waals surface area contributed by atoms with Crippen LogP contribution in [0.15, 0.2) is 15.2 Å². The van der Waals surface area contributed by atoms with Crippen molar-refractivity contribution in [2.24, 2.45) is 0 Å². The van der Waals surface area contributed by atoms with Crippen LogP contribution in [0.25, 0.3) is 0 Å². The molecule has 0 unspecified atom stereocenters. The predicted molar refractivity (Wildman–Crippen MR) is 85.9 cm³/mol. The van der Waals surface area contributed by atoms with Gasteiger partial charge in [-0.3, -0.25) is 4.90 Å². The van der Waals surface area contributed by atoms with Crippen LogP contribution < -0.4 is 5.32 Å². The summed E-state index contributed by atoms with van der Waals surface area (Å²) in [7, 11) is 0. The Morgan fingerprint density at radius 3 is 2.72 bits per heavy atom. The maximum Gasteiger partial charge on any atom is 0.0701 e. The maximum atomic E-state index is 3.55. The number of thiophene rings is 1.